The van der Waals surface area contributed by atoms with Gasteiger partial charge in [0.15, 0.2) is 0 Å². The van der Waals surface area contributed by atoms with Gasteiger partial charge in [0.05, 0.1) is 0 Å². The predicted octanol–water partition coefficient (Wildman–Crippen LogP) is 1.21. The molecule has 0 spiro atoms. The molecule has 18 heavy (non-hydrogen) atoms. The minimum absolute atomic E-state index is 0.298. The number of ether oxygens (including phenoxy) is 1. The molecule has 0 fully saturated rings. The van der Waals surface area contributed by atoms with Crippen LogP contribution in [-0.4, -0.2) is 42.6 Å². The quantitative estimate of drug-likeness (QED) is 0.556. The van der Waals surface area contributed by atoms with E-state index in [1.807, 2.05) is 30.3 Å². The number of carbonyl (C=O) groups is 2. The number of hydrogen-bond donors (Lipinski definition) is 2. The second-order valence-electron chi connectivity index (χ2n) is 3.54. The van der Waals surface area contributed by atoms with Crippen molar-refractivity contribution < 1.29 is 24.5 Å². The third-order valence-corrected chi connectivity index (χ3v) is 4.35. The predicted molar refractivity (Wildman–Crippen MR) is 65.5 cm³/mol. The Morgan fingerprint density at radius 2 is 1.89 bits per heavy atom. The first kappa shape index (κ1) is 14.7. The molecule has 2 N–H and O–H groups in total. The maximum atomic E-state index is 10.8. The molecule has 0 bridgehead atoms. The molecule has 0 radical (unpaired) electrons. The summed E-state index contributed by atoms with van der Waals surface area (Å²) in [5.74, 6) is -2.16. The van der Waals surface area contributed by atoms with Crippen LogP contribution in [-0.2, 0) is 20.9 Å². The molecular weight excluding hydrogens is 303 g/mol. The average Bonchev–Trinajstić information content (AvgIpc) is 2.33. The van der Waals surface area contributed by atoms with Gasteiger partial charge in [0.25, 0.3) is 0 Å². The summed E-state index contributed by atoms with van der Waals surface area (Å²) >= 11 is -0.376. The molecule has 0 amide bonds. The van der Waals surface area contributed by atoms with Crippen LogP contribution in [0.25, 0.3) is 0 Å². The number of rotatable bonds is 8. The molecule has 1 unspecified atom stereocenters. The van der Waals surface area contributed by atoms with Crippen LogP contribution in [0.5, 0.6) is 0 Å². The molecule has 1 rings (SSSR count). The standard InChI is InChI=1S/C12H14O5Se/c13-11(14)6-10(12(15)16)18-8-17-7-9-4-2-1-3-5-9/h1-5,10H,6-8H2,(H,13,14)(H,15,16). The molecule has 0 aliphatic rings. The summed E-state index contributed by atoms with van der Waals surface area (Å²) in [6.45, 7) is 0.419. The van der Waals surface area contributed by atoms with Gasteiger partial charge in [-0.3, -0.25) is 0 Å². The van der Waals surface area contributed by atoms with Crippen LogP contribution in [0, 0.1) is 0 Å². The average molecular weight is 317 g/mol. The van der Waals surface area contributed by atoms with Gasteiger partial charge in [-0.2, -0.15) is 0 Å². The Bertz CT molecular complexity index is 393. The van der Waals surface area contributed by atoms with E-state index in [1.165, 1.54) is 0 Å². The van der Waals surface area contributed by atoms with E-state index < -0.39 is 16.8 Å². The van der Waals surface area contributed by atoms with Crippen molar-refractivity contribution in [3.63, 3.8) is 0 Å². The van der Waals surface area contributed by atoms with E-state index in [-0.39, 0.29) is 21.4 Å². The zero-order valence-corrected chi connectivity index (χ0v) is 11.3. The van der Waals surface area contributed by atoms with Gasteiger partial charge in [-0.1, -0.05) is 0 Å². The van der Waals surface area contributed by atoms with Crippen molar-refractivity contribution in [2.45, 2.75) is 17.8 Å². The van der Waals surface area contributed by atoms with Crippen LogP contribution in [0.1, 0.15) is 12.0 Å². The van der Waals surface area contributed by atoms with Gasteiger partial charge in [0.2, 0.25) is 0 Å². The monoisotopic (exact) mass is 318 g/mol. The molecule has 0 heterocycles. The summed E-state index contributed by atoms with van der Waals surface area (Å²) < 4.78 is 5.35. The van der Waals surface area contributed by atoms with Gasteiger partial charge in [0, 0.05) is 0 Å². The Morgan fingerprint density at radius 3 is 2.44 bits per heavy atom. The second kappa shape index (κ2) is 7.87. The molecule has 1 atom stereocenters. The fraction of sp³-hybridized carbons (Fsp3) is 0.333. The topological polar surface area (TPSA) is 83.8 Å². The summed E-state index contributed by atoms with van der Waals surface area (Å²) in [7, 11) is 0. The van der Waals surface area contributed by atoms with Crippen LogP contribution in [0.4, 0.5) is 0 Å². The van der Waals surface area contributed by atoms with Crippen molar-refractivity contribution in [2.75, 3.05) is 5.51 Å². The molecule has 0 saturated heterocycles. The fourth-order valence-corrected chi connectivity index (χ4v) is 2.81. The van der Waals surface area contributed by atoms with Gasteiger partial charge < -0.3 is 0 Å². The molecule has 1 aromatic rings. The first-order chi connectivity index (χ1) is 8.59. The van der Waals surface area contributed by atoms with Crippen LogP contribution >= 0.6 is 0 Å². The Labute approximate surface area is 111 Å². The zero-order chi connectivity index (χ0) is 13.4. The first-order valence-corrected chi connectivity index (χ1v) is 7.47. The van der Waals surface area contributed by atoms with Crippen LogP contribution in [0.3, 0.4) is 0 Å². The summed E-state index contributed by atoms with van der Waals surface area (Å²) in [6, 6.07) is 9.53. The van der Waals surface area contributed by atoms with E-state index in [0.717, 1.165) is 5.56 Å². The Kier molecular flexibility index (Phi) is 6.43. The third kappa shape index (κ3) is 5.82. The van der Waals surface area contributed by atoms with E-state index in [1.54, 1.807) is 0 Å². The number of carboxylic acids is 2. The molecular formula is C12H14O5Se. The SMILES string of the molecule is O=C(O)CC([Se]COCc1ccccc1)C(=O)O. The van der Waals surface area contributed by atoms with E-state index in [9.17, 15) is 9.59 Å². The van der Waals surface area contributed by atoms with E-state index >= 15 is 0 Å². The number of aliphatic carboxylic acids is 2. The molecule has 0 saturated carbocycles. The first-order valence-electron chi connectivity index (χ1n) is 5.27. The number of benzene rings is 1. The summed E-state index contributed by atoms with van der Waals surface area (Å²) in [4.78, 5) is 20.4. The van der Waals surface area contributed by atoms with Crippen molar-refractivity contribution in [1.29, 1.82) is 0 Å². The normalized spacial score (nSPS) is 12.0. The number of hydrogen-bond acceptors (Lipinski definition) is 3. The third-order valence-electron chi connectivity index (χ3n) is 2.10. The molecule has 1 aromatic carbocycles. The number of carboxylic acid groups (broad SMARTS) is 2. The molecule has 0 aliphatic carbocycles. The summed E-state index contributed by atoms with van der Waals surface area (Å²) in [5.41, 5.74) is 1.31. The molecule has 98 valence electrons. The molecule has 5 nitrogen and oxygen atoms in total. The van der Waals surface area contributed by atoms with Crippen molar-refractivity contribution in [1.82, 2.24) is 0 Å². The van der Waals surface area contributed by atoms with E-state index in [4.69, 9.17) is 14.9 Å². The maximum absolute atomic E-state index is 10.8. The van der Waals surface area contributed by atoms with Crippen molar-refractivity contribution in [3.05, 3.63) is 35.9 Å². The minimum atomic E-state index is -1.09. The molecule has 0 aromatic heterocycles. The van der Waals surface area contributed by atoms with Gasteiger partial charge in [-0.15, -0.1) is 0 Å². The van der Waals surface area contributed by atoms with Crippen molar-refractivity contribution in [3.8, 4) is 0 Å². The molecule has 0 aliphatic heterocycles. The Hall–Kier alpha value is -1.36. The van der Waals surface area contributed by atoms with Crippen LogP contribution < -0.4 is 0 Å². The molecule has 6 heteroatoms. The van der Waals surface area contributed by atoms with Gasteiger partial charge in [-0.05, 0) is 0 Å². The van der Waals surface area contributed by atoms with E-state index in [0.29, 0.717) is 12.1 Å². The van der Waals surface area contributed by atoms with Crippen LogP contribution in [0.2, 0.25) is 4.82 Å². The fourth-order valence-electron chi connectivity index (χ4n) is 1.24. The van der Waals surface area contributed by atoms with Gasteiger partial charge in [-0.25, -0.2) is 0 Å². The van der Waals surface area contributed by atoms with Crippen molar-refractivity contribution >= 4 is 26.9 Å². The van der Waals surface area contributed by atoms with Crippen LogP contribution in [0.15, 0.2) is 30.3 Å². The summed E-state index contributed by atoms with van der Waals surface area (Å²) in [6.07, 6.45) is -0.343. The van der Waals surface area contributed by atoms with E-state index in [2.05, 4.69) is 0 Å². The summed E-state index contributed by atoms with van der Waals surface area (Å²) in [5, 5.41) is 17.4. The zero-order valence-electron chi connectivity index (χ0n) is 9.61. The Morgan fingerprint density at radius 1 is 1.22 bits per heavy atom. The van der Waals surface area contributed by atoms with Crippen molar-refractivity contribution in [2.24, 2.45) is 0 Å². The van der Waals surface area contributed by atoms with Gasteiger partial charge in [0.1, 0.15) is 0 Å². The van der Waals surface area contributed by atoms with Gasteiger partial charge >= 0.3 is 111 Å². The Balaban J connectivity index is 2.27. The second-order valence-corrected chi connectivity index (χ2v) is 5.93.